The van der Waals surface area contributed by atoms with Gasteiger partial charge in [-0.15, -0.1) is 0 Å². The van der Waals surface area contributed by atoms with Crippen molar-refractivity contribution in [1.29, 1.82) is 0 Å². The maximum Gasteiger partial charge on any atom is 0.311 e. The number of primary amides is 1. The first-order valence-corrected chi connectivity index (χ1v) is 4.61. The highest BCUT2D eigenvalue weighted by Gasteiger charge is 2.17. The third kappa shape index (κ3) is 2.88. The quantitative estimate of drug-likeness (QED) is 0.619. The zero-order valence-corrected chi connectivity index (χ0v) is 9.02. The molecule has 0 aromatic carbocycles. The Morgan fingerprint density at radius 2 is 2.33 bits per heavy atom. The van der Waals surface area contributed by atoms with Crippen LogP contribution in [0.2, 0.25) is 0 Å². The summed E-state index contributed by atoms with van der Waals surface area (Å²) in [6, 6.07) is 0. The minimum atomic E-state index is -0.604. The first-order chi connectivity index (χ1) is 7.02. The molecule has 0 atom stereocenters. The smallest absolute Gasteiger partial charge is 0.311 e. The number of rotatable bonds is 4. The highest BCUT2D eigenvalue weighted by atomic mass is 79.9. The molecule has 8 heteroatoms. The molecule has 0 aliphatic carbocycles. The van der Waals surface area contributed by atoms with Crippen molar-refractivity contribution in [3.05, 3.63) is 27.0 Å². The number of nitrogens with one attached hydrogen (secondary N) is 1. The second kappa shape index (κ2) is 4.69. The van der Waals surface area contributed by atoms with E-state index in [0.29, 0.717) is 4.47 Å². The number of carbonyl (C=O) groups excluding carboxylic acids is 1. The lowest BCUT2D eigenvalue weighted by Crippen LogP contribution is -2.22. The van der Waals surface area contributed by atoms with Crippen LogP contribution in [0.25, 0.3) is 0 Å². The van der Waals surface area contributed by atoms with Crippen molar-refractivity contribution in [1.82, 2.24) is 4.98 Å². The maximum absolute atomic E-state index is 10.6. The molecule has 0 bridgehead atoms. The normalized spacial score (nSPS) is 9.67. The van der Waals surface area contributed by atoms with Crippen molar-refractivity contribution < 1.29 is 9.72 Å². The third-order valence-electron chi connectivity index (χ3n) is 1.52. The van der Waals surface area contributed by atoms with Crippen LogP contribution in [0.15, 0.2) is 16.9 Å². The molecule has 1 heterocycles. The minimum absolute atomic E-state index is 0.177. The molecule has 0 aliphatic heterocycles. The average Bonchev–Trinajstić information content (AvgIpc) is 2.15. The number of nitro groups is 1. The molecule has 7 nitrogen and oxygen atoms in total. The summed E-state index contributed by atoms with van der Waals surface area (Å²) < 4.78 is 0.401. The summed E-state index contributed by atoms with van der Waals surface area (Å²) >= 11 is 3.08. The Bertz CT molecular complexity index is 409. The molecule has 0 saturated carbocycles. The molecule has 0 saturated heterocycles. The predicted octanol–water partition coefficient (Wildman–Crippen LogP) is 0.649. The Morgan fingerprint density at radius 1 is 1.67 bits per heavy atom. The molecule has 0 spiro atoms. The van der Waals surface area contributed by atoms with Gasteiger partial charge in [0.1, 0.15) is 11.9 Å². The zero-order valence-electron chi connectivity index (χ0n) is 7.44. The molecule has 1 rings (SSSR count). The molecular formula is C7H7BrN4O3. The van der Waals surface area contributed by atoms with Gasteiger partial charge in [0.15, 0.2) is 0 Å². The van der Waals surface area contributed by atoms with Crippen molar-refractivity contribution >= 4 is 33.2 Å². The van der Waals surface area contributed by atoms with E-state index in [1.165, 1.54) is 6.20 Å². The van der Waals surface area contributed by atoms with E-state index in [1.807, 2.05) is 0 Å². The van der Waals surface area contributed by atoms with Gasteiger partial charge in [-0.2, -0.15) is 0 Å². The second-order valence-corrected chi connectivity index (χ2v) is 3.45. The van der Waals surface area contributed by atoms with Gasteiger partial charge >= 0.3 is 5.69 Å². The molecular weight excluding hydrogens is 268 g/mol. The largest absolute Gasteiger partial charge is 0.370 e. The summed E-state index contributed by atoms with van der Waals surface area (Å²) in [5.74, 6) is -0.604. The van der Waals surface area contributed by atoms with Crippen LogP contribution in [0, 0.1) is 10.1 Å². The van der Waals surface area contributed by atoms with Crippen molar-refractivity contribution in [2.24, 2.45) is 5.73 Å². The van der Waals surface area contributed by atoms with Gasteiger partial charge < -0.3 is 11.1 Å². The number of amides is 1. The van der Waals surface area contributed by atoms with Crippen LogP contribution in [0.5, 0.6) is 0 Å². The fourth-order valence-electron chi connectivity index (χ4n) is 0.914. The summed E-state index contributed by atoms with van der Waals surface area (Å²) in [7, 11) is 0. The third-order valence-corrected chi connectivity index (χ3v) is 2.12. The summed E-state index contributed by atoms with van der Waals surface area (Å²) in [5.41, 5.74) is 4.89. The van der Waals surface area contributed by atoms with E-state index < -0.39 is 10.8 Å². The standard InChI is InChI=1S/C7H7BrN4O3/c8-4-1-10-2-5(12(14)15)7(4)11-3-6(9)13/h1-2H,3H2,(H2,9,13)(H,10,11). The van der Waals surface area contributed by atoms with E-state index in [2.05, 4.69) is 26.2 Å². The average molecular weight is 275 g/mol. The Labute approximate surface area is 93.0 Å². The highest BCUT2D eigenvalue weighted by Crippen LogP contribution is 2.30. The van der Waals surface area contributed by atoms with Gasteiger partial charge in [-0.25, -0.2) is 0 Å². The number of anilines is 1. The minimum Gasteiger partial charge on any atom is -0.370 e. The van der Waals surface area contributed by atoms with Crippen molar-refractivity contribution in [2.75, 3.05) is 11.9 Å². The summed E-state index contributed by atoms with van der Waals surface area (Å²) in [6.45, 7) is -0.177. The van der Waals surface area contributed by atoms with E-state index >= 15 is 0 Å². The summed E-state index contributed by atoms with van der Waals surface area (Å²) in [4.78, 5) is 24.2. The fourth-order valence-corrected chi connectivity index (χ4v) is 1.38. The Hall–Kier alpha value is -1.70. The van der Waals surface area contributed by atoms with Gasteiger partial charge in [-0.1, -0.05) is 0 Å². The number of hydrogen-bond donors (Lipinski definition) is 2. The van der Waals surface area contributed by atoms with Crippen molar-refractivity contribution in [3.63, 3.8) is 0 Å². The Kier molecular flexibility index (Phi) is 3.56. The number of halogens is 1. The summed E-state index contributed by atoms with van der Waals surface area (Å²) in [5, 5.41) is 13.2. The molecule has 1 aromatic rings. The van der Waals surface area contributed by atoms with Crippen LogP contribution in [0.1, 0.15) is 0 Å². The Balaban J connectivity index is 3.02. The molecule has 15 heavy (non-hydrogen) atoms. The monoisotopic (exact) mass is 274 g/mol. The predicted molar refractivity (Wildman–Crippen MR) is 56.3 cm³/mol. The van der Waals surface area contributed by atoms with E-state index in [-0.39, 0.29) is 17.9 Å². The number of aromatic nitrogens is 1. The lowest BCUT2D eigenvalue weighted by Gasteiger charge is -2.05. The van der Waals surface area contributed by atoms with Gasteiger partial charge in [0, 0.05) is 6.20 Å². The van der Waals surface area contributed by atoms with Gasteiger partial charge in [-0.05, 0) is 15.9 Å². The molecule has 0 aliphatic rings. The van der Waals surface area contributed by atoms with Gasteiger partial charge in [-0.3, -0.25) is 19.9 Å². The molecule has 3 N–H and O–H groups in total. The molecule has 1 amide bonds. The number of carbonyl (C=O) groups is 1. The molecule has 0 unspecified atom stereocenters. The first kappa shape index (κ1) is 11.4. The first-order valence-electron chi connectivity index (χ1n) is 3.82. The van der Waals surface area contributed by atoms with E-state index in [9.17, 15) is 14.9 Å². The molecule has 0 fully saturated rings. The van der Waals surface area contributed by atoms with Crippen LogP contribution < -0.4 is 11.1 Å². The van der Waals surface area contributed by atoms with Crippen molar-refractivity contribution in [3.8, 4) is 0 Å². The maximum atomic E-state index is 10.6. The Morgan fingerprint density at radius 3 is 2.87 bits per heavy atom. The van der Waals surface area contributed by atoms with Crippen LogP contribution in [-0.4, -0.2) is 22.4 Å². The highest BCUT2D eigenvalue weighted by molar-refractivity contribution is 9.10. The second-order valence-electron chi connectivity index (χ2n) is 2.59. The van der Waals surface area contributed by atoms with Gasteiger partial charge in [0.25, 0.3) is 0 Å². The number of pyridine rings is 1. The van der Waals surface area contributed by atoms with E-state index in [1.54, 1.807) is 0 Å². The van der Waals surface area contributed by atoms with Gasteiger partial charge in [0.2, 0.25) is 5.91 Å². The molecule has 80 valence electrons. The fraction of sp³-hybridized carbons (Fsp3) is 0.143. The number of hydrogen-bond acceptors (Lipinski definition) is 5. The molecule has 1 aromatic heterocycles. The van der Waals surface area contributed by atoms with Crippen LogP contribution in [-0.2, 0) is 4.79 Å². The zero-order chi connectivity index (χ0) is 11.4. The van der Waals surface area contributed by atoms with E-state index in [4.69, 9.17) is 5.73 Å². The lowest BCUT2D eigenvalue weighted by atomic mass is 10.3. The SMILES string of the molecule is NC(=O)CNc1c(Br)cncc1[N+](=O)[O-]. The van der Waals surface area contributed by atoms with Crippen LogP contribution >= 0.6 is 15.9 Å². The van der Waals surface area contributed by atoms with Gasteiger partial charge in [0.05, 0.1) is 15.9 Å². The summed E-state index contributed by atoms with van der Waals surface area (Å²) in [6.07, 6.45) is 2.48. The van der Waals surface area contributed by atoms with Crippen LogP contribution in [0.3, 0.4) is 0 Å². The van der Waals surface area contributed by atoms with Crippen LogP contribution in [0.4, 0.5) is 11.4 Å². The number of nitrogens with zero attached hydrogens (tertiary/aromatic N) is 2. The lowest BCUT2D eigenvalue weighted by molar-refractivity contribution is -0.384. The van der Waals surface area contributed by atoms with E-state index in [0.717, 1.165) is 6.20 Å². The molecule has 0 radical (unpaired) electrons. The number of nitrogens with two attached hydrogens (primary N) is 1. The topological polar surface area (TPSA) is 111 Å². The van der Waals surface area contributed by atoms with Crippen molar-refractivity contribution in [2.45, 2.75) is 0 Å².